The maximum atomic E-state index is 8.78. The van der Waals surface area contributed by atoms with Crippen molar-refractivity contribution in [3.05, 3.63) is 65.8 Å². The topological polar surface area (TPSA) is 78.6 Å². The summed E-state index contributed by atoms with van der Waals surface area (Å²) in [7, 11) is 0. The first kappa shape index (κ1) is 11.9. The van der Waals surface area contributed by atoms with E-state index in [0.29, 0.717) is 17.1 Å². The first-order valence-corrected chi connectivity index (χ1v) is 5.98. The van der Waals surface area contributed by atoms with Gasteiger partial charge in [-0.05, 0) is 36.4 Å². The van der Waals surface area contributed by atoms with Gasteiger partial charge in [-0.15, -0.1) is 5.10 Å². The van der Waals surface area contributed by atoms with Crippen LogP contribution in [0.3, 0.4) is 0 Å². The zero-order valence-electron chi connectivity index (χ0n) is 10.4. The summed E-state index contributed by atoms with van der Waals surface area (Å²) in [6.07, 6.45) is 0. The molecular weight excluding hydrogens is 252 g/mol. The van der Waals surface area contributed by atoms with Crippen LogP contribution in [0, 0.1) is 16.7 Å². The lowest BCUT2D eigenvalue weighted by molar-refractivity contribution is 0.487. The van der Waals surface area contributed by atoms with E-state index >= 15 is 0 Å². The standard InChI is InChI=1S/C15H10N4O/c16-10-11-6-8-13(9-7-11)19-15(17)20-14(18-19)12-4-2-1-3-5-12/h1-9,17H. The molecule has 0 fully saturated rings. The molecule has 0 atom stereocenters. The molecule has 1 heterocycles. The van der Waals surface area contributed by atoms with Crippen molar-refractivity contribution in [3.8, 4) is 23.2 Å². The summed E-state index contributed by atoms with van der Waals surface area (Å²) in [5, 5.41) is 20.9. The highest BCUT2D eigenvalue weighted by Gasteiger charge is 2.09. The number of aromatic nitrogens is 2. The van der Waals surface area contributed by atoms with Crippen LogP contribution in [-0.2, 0) is 0 Å². The molecule has 0 unspecified atom stereocenters. The average molecular weight is 262 g/mol. The monoisotopic (exact) mass is 262 g/mol. The van der Waals surface area contributed by atoms with Crippen LogP contribution in [-0.4, -0.2) is 9.78 Å². The van der Waals surface area contributed by atoms with Crippen molar-refractivity contribution >= 4 is 0 Å². The van der Waals surface area contributed by atoms with Crippen molar-refractivity contribution in [2.24, 2.45) is 0 Å². The van der Waals surface area contributed by atoms with Crippen LogP contribution in [0.1, 0.15) is 5.56 Å². The second-order valence-electron chi connectivity index (χ2n) is 4.15. The van der Waals surface area contributed by atoms with E-state index in [2.05, 4.69) is 11.2 Å². The van der Waals surface area contributed by atoms with Crippen LogP contribution in [0.15, 0.2) is 59.0 Å². The molecule has 96 valence electrons. The molecule has 5 heteroatoms. The molecule has 0 saturated heterocycles. The fraction of sp³-hybridized carbons (Fsp3) is 0. The van der Waals surface area contributed by atoms with Gasteiger partial charge in [-0.25, -0.2) is 5.41 Å². The van der Waals surface area contributed by atoms with Gasteiger partial charge in [-0.3, -0.25) is 0 Å². The molecule has 3 aromatic rings. The molecule has 0 aliphatic carbocycles. The van der Waals surface area contributed by atoms with Gasteiger partial charge in [-0.2, -0.15) is 9.94 Å². The molecule has 20 heavy (non-hydrogen) atoms. The van der Waals surface area contributed by atoms with E-state index in [4.69, 9.17) is 15.1 Å². The zero-order chi connectivity index (χ0) is 13.9. The normalized spacial score (nSPS) is 10.2. The Kier molecular flexibility index (Phi) is 2.90. The lowest BCUT2D eigenvalue weighted by Crippen LogP contribution is -2.13. The number of nitrogens with one attached hydrogen (secondary N) is 1. The summed E-state index contributed by atoms with van der Waals surface area (Å²) in [5.41, 5.74) is 1.99. The predicted octanol–water partition coefficient (Wildman–Crippen LogP) is 2.48. The van der Waals surface area contributed by atoms with E-state index in [1.54, 1.807) is 24.3 Å². The van der Waals surface area contributed by atoms with Gasteiger partial charge in [0.15, 0.2) is 0 Å². The Balaban J connectivity index is 2.05. The molecule has 0 aliphatic heterocycles. The number of hydrogen-bond donors (Lipinski definition) is 1. The third-order valence-electron chi connectivity index (χ3n) is 2.84. The van der Waals surface area contributed by atoms with Crippen molar-refractivity contribution in [2.45, 2.75) is 0 Å². The van der Waals surface area contributed by atoms with Gasteiger partial charge in [0.1, 0.15) is 0 Å². The average Bonchev–Trinajstić information content (AvgIpc) is 2.90. The predicted molar refractivity (Wildman–Crippen MR) is 71.8 cm³/mol. The zero-order valence-corrected chi connectivity index (χ0v) is 10.4. The lowest BCUT2D eigenvalue weighted by Gasteiger charge is -1.98. The molecule has 0 bridgehead atoms. The Morgan fingerprint density at radius 3 is 2.40 bits per heavy atom. The maximum absolute atomic E-state index is 8.78. The number of rotatable bonds is 2. The summed E-state index contributed by atoms with van der Waals surface area (Å²) in [6.45, 7) is 0. The van der Waals surface area contributed by atoms with Gasteiger partial charge in [0.2, 0.25) is 5.89 Å². The number of hydrogen-bond acceptors (Lipinski definition) is 4. The third kappa shape index (κ3) is 2.10. The fourth-order valence-corrected chi connectivity index (χ4v) is 1.84. The second kappa shape index (κ2) is 4.86. The van der Waals surface area contributed by atoms with E-state index in [1.807, 2.05) is 30.3 Å². The van der Waals surface area contributed by atoms with E-state index in [1.165, 1.54) is 4.68 Å². The molecular formula is C15H10N4O. The maximum Gasteiger partial charge on any atom is 0.317 e. The molecule has 5 nitrogen and oxygen atoms in total. The number of benzene rings is 2. The summed E-state index contributed by atoms with van der Waals surface area (Å²) in [4.78, 5) is 0. The van der Waals surface area contributed by atoms with Crippen molar-refractivity contribution in [3.63, 3.8) is 0 Å². The van der Waals surface area contributed by atoms with Crippen LogP contribution >= 0.6 is 0 Å². The van der Waals surface area contributed by atoms with Gasteiger partial charge in [0, 0.05) is 5.56 Å². The van der Waals surface area contributed by atoms with Crippen molar-refractivity contribution < 1.29 is 4.42 Å². The highest BCUT2D eigenvalue weighted by atomic mass is 16.4. The van der Waals surface area contributed by atoms with Gasteiger partial charge >= 0.3 is 5.68 Å². The SMILES string of the molecule is N#Cc1ccc(-n2nc(-c3ccccc3)oc2=N)cc1. The van der Waals surface area contributed by atoms with Crippen LogP contribution < -0.4 is 5.68 Å². The van der Waals surface area contributed by atoms with E-state index in [9.17, 15) is 0 Å². The van der Waals surface area contributed by atoms with Crippen LogP contribution in [0.4, 0.5) is 0 Å². The highest BCUT2D eigenvalue weighted by molar-refractivity contribution is 5.52. The van der Waals surface area contributed by atoms with Gasteiger partial charge in [-0.1, -0.05) is 18.2 Å². The Bertz CT molecular complexity index is 823. The molecule has 0 amide bonds. The summed E-state index contributed by atoms with van der Waals surface area (Å²) in [5.74, 6) is 0.389. The van der Waals surface area contributed by atoms with E-state index in [0.717, 1.165) is 5.56 Å². The molecule has 0 aliphatic rings. The minimum Gasteiger partial charge on any atom is -0.403 e. The van der Waals surface area contributed by atoms with Crippen molar-refractivity contribution in [1.82, 2.24) is 9.78 Å². The first-order valence-electron chi connectivity index (χ1n) is 5.98. The Morgan fingerprint density at radius 2 is 1.75 bits per heavy atom. The van der Waals surface area contributed by atoms with Crippen LogP contribution in [0.25, 0.3) is 17.1 Å². The fourth-order valence-electron chi connectivity index (χ4n) is 1.84. The first-order chi connectivity index (χ1) is 9.78. The Morgan fingerprint density at radius 1 is 1.05 bits per heavy atom. The van der Waals surface area contributed by atoms with Crippen LogP contribution in [0.5, 0.6) is 0 Å². The molecule has 0 saturated carbocycles. The molecule has 2 aromatic carbocycles. The molecule has 1 aromatic heterocycles. The number of nitriles is 1. The lowest BCUT2D eigenvalue weighted by atomic mass is 10.2. The second-order valence-corrected chi connectivity index (χ2v) is 4.15. The van der Waals surface area contributed by atoms with Gasteiger partial charge in [0.25, 0.3) is 0 Å². The third-order valence-corrected chi connectivity index (χ3v) is 2.84. The van der Waals surface area contributed by atoms with Gasteiger partial charge in [0.05, 0.1) is 17.3 Å². The number of nitrogens with zero attached hydrogens (tertiary/aromatic N) is 3. The largest absolute Gasteiger partial charge is 0.403 e. The van der Waals surface area contributed by atoms with Gasteiger partial charge < -0.3 is 4.42 Å². The molecule has 0 radical (unpaired) electrons. The summed E-state index contributed by atoms with van der Waals surface area (Å²) < 4.78 is 6.76. The molecule has 1 N–H and O–H groups in total. The van der Waals surface area contributed by atoms with Crippen molar-refractivity contribution in [1.29, 1.82) is 10.7 Å². The van der Waals surface area contributed by atoms with E-state index < -0.39 is 0 Å². The Hall–Kier alpha value is -3.13. The highest BCUT2D eigenvalue weighted by Crippen LogP contribution is 2.15. The van der Waals surface area contributed by atoms with Crippen molar-refractivity contribution in [2.75, 3.05) is 0 Å². The minimum atomic E-state index is -0.0615. The quantitative estimate of drug-likeness (QED) is 0.770. The smallest absolute Gasteiger partial charge is 0.317 e. The summed E-state index contributed by atoms with van der Waals surface area (Å²) in [6, 6.07) is 18.3. The van der Waals surface area contributed by atoms with E-state index in [-0.39, 0.29) is 5.68 Å². The Labute approximate surface area is 114 Å². The molecule has 3 rings (SSSR count). The minimum absolute atomic E-state index is 0.0615. The van der Waals surface area contributed by atoms with Crippen LogP contribution in [0.2, 0.25) is 0 Å². The summed E-state index contributed by atoms with van der Waals surface area (Å²) >= 11 is 0. The molecule has 0 spiro atoms.